The third-order valence-electron chi connectivity index (χ3n) is 5.32. The fourth-order valence-corrected chi connectivity index (χ4v) is 3.71. The van der Waals surface area contributed by atoms with Crippen LogP contribution < -0.4 is 0 Å². The van der Waals surface area contributed by atoms with Crippen LogP contribution in [0.2, 0.25) is 5.02 Å². The highest BCUT2D eigenvalue weighted by Crippen LogP contribution is 2.26. The van der Waals surface area contributed by atoms with Gasteiger partial charge < -0.3 is 9.80 Å². The minimum absolute atomic E-state index is 0.0415. The van der Waals surface area contributed by atoms with Crippen LogP contribution in [0.4, 0.5) is 0 Å². The van der Waals surface area contributed by atoms with Gasteiger partial charge in [-0.3, -0.25) is 4.79 Å². The van der Waals surface area contributed by atoms with Crippen LogP contribution in [0.5, 0.6) is 0 Å². The Labute approximate surface area is 182 Å². The minimum atomic E-state index is 0.0415. The van der Waals surface area contributed by atoms with Crippen molar-refractivity contribution >= 4 is 23.6 Å². The molecule has 6 heteroatoms. The van der Waals surface area contributed by atoms with Gasteiger partial charge in [-0.1, -0.05) is 41.9 Å². The second-order valence-corrected chi connectivity index (χ2v) is 7.97. The second kappa shape index (κ2) is 9.28. The van der Waals surface area contributed by atoms with Crippen LogP contribution in [-0.4, -0.2) is 58.7 Å². The van der Waals surface area contributed by atoms with Gasteiger partial charge in [0.1, 0.15) is 0 Å². The molecule has 0 spiro atoms. The fourth-order valence-electron chi connectivity index (χ4n) is 3.59. The molecule has 0 unspecified atom stereocenters. The first-order valence-corrected chi connectivity index (χ1v) is 10.5. The molecule has 1 saturated heterocycles. The Morgan fingerprint density at radius 1 is 1.00 bits per heavy atom. The first kappa shape index (κ1) is 20.4. The highest BCUT2D eigenvalue weighted by Gasteiger charge is 2.16. The summed E-state index contributed by atoms with van der Waals surface area (Å²) in [6.45, 7) is 3.48. The molecule has 5 nitrogen and oxygen atoms in total. The molecule has 2 aromatic carbocycles. The van der Waals surface area contributed by atoms with E-state index >= 15 is 0 Å². The van der Waals surface area contributed by atoms with Crippen LogP contribution in [0.15, 0.2) is 66.9 Å². The summed E-state index contributed by atoms with van der Waals surface area (Å²) in [5.41, 5.74) is 3.63. The average Bonchev–Trinajstić information content (AvgIpc) is 3.07. The van der Waals surface area contributed by atoms with Gasteiger partial charge in [-0.05, 0) is 50.4 Å². The number of nitrogens with zero attached hydrogens (tertiary/aromatic N) is 4. The van der Waals surface area contributed by atoms with E-state index in [0.29, 0.717) is 5.02 Å². The standard InChI is InChI=1S/C24H25ClN4O/c1-27-14-5-15-28(17-16-27)23(30)13-10-20-18-29(22-6-3-2-4-7-22)26-24(20)19-8-11-21(25)12-9-19/h2-4,6-13,18H,5,14-17H2,1H3. The van der Waals surface area contributed by atoms with Crippen molar-refractivity contribution in [1.82, 2.24) is 19.6 Å². The van der Waals surface area contributed by atoms with Crippen molar-refractivity contribution in [1.29, 1.82) is 0 Å². The average molecular weight is 421 g/mol. The Morgan fingerprint density at radius 2 is 1.77 bits per heavy atom. The minimum Gasteiger partial charge on any atom is -0.338 e. The maximum atomic E-state index is 12.8. The quantitative estimate of drug-likeness (QED) is 0.588. The van der Waals surface area contributed by atoms with E-state index in [1.807, 2.05) is 76.5 Å². The largest absolute Gasteiger partial charge is 0.338 e. The summed E-state index contributed by atoms with van der Waals surface area (Å²) in [6.07, 6.45) is 6.49. The molecular formula is C24H25ClN4O. The van der Waals surface area contributed by atoms with Crippen LogP contribution >= 0.6 is 11.6 Å². The van der Waals surface area contributed by atoms with Crippen molar-refractivity contribution in [3.05, 3.63) is 77.5 Å². The third kappa shape index (κ3) is 4.81. The van der Waals surface area contributed by atoms with Gasteiger partial charge in [0, 0.05) is 48.1 Å². The van der Waals surface area contributed by atoms with Crippen LogP contribution in [0, 0.1) is 0 Å². The molecule has 0 N–H and O–H groups in total. The lowest BCUT2D eigenvalue weighted by Gasteiger charge is -2.18. The van der Waals surface area contributed by atoms with Gasteiger partial charge in [0.05, 0.1) is 11.4 Å². The normalized spacial score (nSPS) is 15.5. The molecule has 0 saturated carbocycles. The molecular weight excluding hydrogens is 396 g/mol. The van der Waals surface area contributed by atoms with Crippen molar-refractivity contribution in [2.75, 3.05) is 33.2 Å². The summed E-state index contributed by atoms with van der Waals surface area (Å²) in [5, 5.41) is 5.47. The van der Waals surface area contributed by atoms with Gasteiger partial charge in [0.2, 0.25) is 5.91 Å². The van der Waals surface area contributed by atoms with Gasteiger partial charge in [-0.2, -0.15) is 5.10 Å². The van der Waals surface area contributed by atoms with Crippen molar-refractivity contribution in [3.8, 4) is 16.9 Å². The predicted octanol–water partition coefficient (Wildman–Crippen LogP) is 4.37. The van der Waals surface area contributed by atoms with Gasteiger partial charge in [0.25, 0.3) is 0 Å². The molecule has 1 fully saturated rings. The summed E-state index contributed by atoms with van der Waals surface area (Å²) in [5.74, 6) is 0.0415. The number of carbonyl (C=O) groups is 1. The number of benzene rings is 2. The van der Waals surface area contributed by atoms with Gasteiger partial charge in [-0.15, -0.1) is 0 Å². The number of para-hydroxylation sites is 1. The van der Waals surface area contributed by atoms with Gasteiger partial charge in [0.15, 0.2) is 0 Å². The highest BCUT2D eigenvalue weighted by molar-refractivity contribution is 6.30. The van der Waals surface area contributed by atoms with E-state index in [1.165, 1.54) is 0 Å². The number of amides is 1. The smallest absolute Gasteiger partial charge is 0.246 e. The molecule has 2 heterocycles. The van der Waals surface area contributed by atoms with E-state index in [2.05, 4.69) is 11.9 Å². The van der Waals surface area contributed by atoms with E-state index < -0.39 is 0 Å². The number of rotatable bonds is 4. The number of hydrogen-bond donors (Lipinski definition) is 0. The predicted molar refractivity (Wildman–Crippen MR) is 122 cm³/mol. The van der Waals surface area contributed by atoms with Gasteiger partial charge in [-0.25, -0.2) is 4.68 Å². The topological polar surface area (TPSA) is 41.4 Å². The Kier molecular flexibility index (Phi) is 6.31. The molecule has 1 aliphatic rings. The van der Waals surface area contributed by atoms with Crippen molar-refractivity contribution in [2.24, 2.45) is 0 Å². The lowest BCUT2D eigenvalue weighted by Crippen LogP contribution is -2.33. The number of hydrogen-bond acceptors (Lipinski definition) is 3. The molecule has 30 heavy (non-hydrogen) atoms. The Morgan fingerprint density at radius 3 is 2.53 bits per heavy atom. The second-order valence-electron chi connectivity index (χ2n) is 7.54. The molecule has 4 rings (SSSR count). The van der Waals surface area contributed by atoms with Crippen LogP contribution in [-0.2, 0) is 4.79 Å². The molecule has 3 aromatic rings. The van der Waals surface area contributed by atoms with Crippen LogP contribution in [0.1, 0.15) is 12.0 Å². The zero-order chi connectivity index (χ0) is 20.9. The van der Waals surface area contributed by atoms with E-state index in [9.17, 15) is 4.79 Å². The molecule has 1 aliphatic heterocycles. The molecule has 154 valence electrons. The summed E-state index contributed by atoms with van der Waals surface area (Å²) in [7, 11) is 2.10. The molecule has 0 aliphatic carbocycles. The molecule has 0 bridgehead atoms. The molecule has 0 atom stereocenters. The summed E-state index contributed by atoms with van der Waals surface area (Å²) in [6, 6.07) is 17.5. The van der Waals surface area contributed by atoms with Crippen LogP contribution in [0.3, 0.4) is 0 Å². The lowest BCUT2D eigenvalue weighted by molar-refractivity contribution is -0.125. The summed E-state index contributed by atoms with van der Waals surface area (Å²) < 4.78 is 1.84. The lowest BCUT2D eigenvalue weighted by atomic mass is 10.1. The van der Waals surface area contributed by atoms with E-state index in [-0.39, 0.29) is 5.91 Å². The first-order valence-electron chi connectivity index (χ1n) is 10.2. The Hall–Kier alpha value is -2.89. The number of likely N-dealkylation sites (N-methyl/N-ethyl adjacent to an activating group) is 1. The Balaban J connectivity index is 1.63. The first-order chi connectivity index (χ1) is 14.6. The van der Waals surface area contributed by atoms with Gasteiger partial charge >= 0.3 is 0 Å². The molecule has 1 aromatic heterocycles. The monoisotopic (exact) mass is 420 g/mol. The van der Waals surface area contributed by atoms with E-state index in [4.69, 9.17) is 16.7 Å². The fraction of sp³-hybridized carbons (Fsp3) is 0.250. The van der Waals surface area contributed by atoms with Crippen molar-refractivity contribution < 1.29 is 4.79 Å². The highest BCUT2D eigenvalue weighted by atomic mass is 35.5. The summed E-state index contributed by atoms with van der Waals surface area (Å²) in [4.78, 5) is 17.0. The molecule has 0 radical (unpaired) electrons. The maximum Gasteiger partial charge on any atom is 0.246 e. The van der Waals surface area contributed by atoms with E-state index in [0.717, 1.165) is 55.1 Å². The number of carbonyl (C=O) groups excluding carboxylic acids is 1. The third-order valence-corrected chi connectivity index (χ3v) is 5.57. The number of aromatic nitrogens is 2. The Bertz CT molecular complexity index is 1030. The zero-order valence-electron chi connectivity index (χ0n) is 17.0. The van der Waals surface area contributed by atoms with E-state index in [1.54, 1.807) is 6.08 Å². The van der Waals surface area contributed by atoms with Crippen LogP contribution in [0.25, 0.3) is 23.0 Å². The zero-order valence-corrected chi connectivity index (χ0v) is 17.8. The number of halogens is 1. The van der Waals surface area contributed by atoms with Crippen molar-refractivity contribution in [2.45, 2.75) is 6.42 Å². The molecule has 1 amide bonds. The maximum absolute atomic E-state index is 12.8. The van der Waals surface area contributed by atoms with Crippen molar-refractivity contribution in [3.63, 3.8) is 0 Å². The summed E-state index contributed by atoms with van der Waals surface area (Å²) >= 11 is 6.06. The SMILES string of the molecule is CN1CCCN(C(=O)C=Cc2cn(-c3ccccc3)nc2-c2ccc(Cl)cc2)CC1.